The zero-order valence-electron chi connectivity index (χ0n) is 13.7. The molecule has 2 heterocycles. The van der Waals surface area contributed by atoms with Gasteiger partial charge in [-0.05, 0) is 36.6 Å². The quantitative estimate of drug-likeness (QED) is 0.945. The van der Waals surface area contributed by atoms with E-state index in [1.54, 1.807) is 18.3 Å². The van der Waals surface area contributed by atoms with Crippen LogP contribution in [0, 0.1) is 13.8 Å². The minimum absolute atomic E-state index is 0.266. The second-order valence-corrected chi connectivity index (χ2v) is 5.73. The van der Waals surface area contributed by atoms with Gasteiger partial charge in [-0.3, -0.25) is 0 Å². The largest absolute Gasteiger partial charge is 0.496 e. The van der Waals surface area contributed by atoms with Crippen molar-refractivity contribution in [1.29, 1.82) is 0 Å². The van der Waals surface area contributed by atoms with Crippen LogP contribution < -0.4 is 4.74 Å². The summed E-state index contributed by atoms with van der Waals surface area (Å²) in [6.07, 6.45) is 2.13. The predicted octanol–water partition coefficient (Wildman–Crippen LogP) is 2.73. The van der Waals surface area contributed by atoms with Gasteiger partial charge in [0.15, 0.2) is 0 Å². The number of hydrogen-bond acceptors (Lipinski definition) is 4. The van der Waals surface area contributed by atoms with Gasteiger partial charge in [-0.25, -0.2) is 9.78 Å². The van der Waals surface area contributed by atoms with Crippen LogP contribution in [0.4, 0.5) is 4.79 Å². The summed E-state index contributed by atoms with van der Waals surface area (Å²) in [6.45, 7) is 5.44. The average Bonchev–Trinajstić information content (AvgIpc) is 3.03. The van der Waals surface area contributed by atoms with Crippen LogP contribution >= 0.6 is 0 Å². The van der Waals surface area contributed by atoms with E-state index >= 15 is 0 Å². The molecule has 1 aromatic carbocycles. The van der Waals surface area contributed by atoms with Crippen molar-refractivity contribution in [3.05, 3.63) is 46.5 Å². The second-order valence-electron chi connectivity index (χ2n) is 5.73. The SMILES string of the molecule is COc1ccc(COC(=O)N2CCc3nc[nH]c3C2)c(C)c1C. The summed E-state index contributed by atoms with van der Waals surface area (Å²) in [7, 11) is 1.65. The fraction of sp³-hybridized carbons (Fsp3) is 0.412. The predicted molar refractivity (Wildman–Crippen MR) is 85.4 cm³/mol. The van der Waals surface area contributed by atoms with Crippen molar-refractivity contribution in [1.82, 2.24) is 14.9 Å². The zero-order valence-corrected chi connectivity index (χ0v) is 13.7. The number of methoxy groups -OCH3 is 1. The molecule has 2 aromatic rings. The van der Waals surface area contributed by atoms with Crippen molar-refractivity contribution in [2.24, 2.45) is 0 Å². The van der Waals surface area contributed by atoms with Crippen LogP contribution in [0.15, 0.2) is 18.5 Å². The van der Waals surface area contributed by atoms with Gasteiger partial charge in [0.1, 0.15) is 12.4 Å². The number of carbonyl (C=O) groups excluding carboxylic acids is 1. The minimum atomic E-state index is -0.293. The van der Waals surface area contributed by atoms with Crippen molar-refractivity contribution in [3.8, 4) is 5.75 Å². The number of ether oxygens (including phenoxy) is 2. The third kappa shape index (κ3) is 3.02. The molecule has 0 fully saturated rings. The maximum Gasteiger partial charge on any atom is 0.410 e. The third-order valence-corrected chi connectivity index (χ3v) is 4.45. The molecule has 0 unspecified atom stereocenters. The highest BCUT2D eigenvalue weighted by Gasteiger charge is 2.23. The molecule has 1 aromatic heterocycles. The fourth-order valence-electron chi connectivity index (χ4n) is 2.83. The number of fused-ring (bicyclic) bond motifs is 1. The van der Waals surface area contributed by atoms with E-state index in [1.165, 1.54) is 0 Å². The first-order valence-electron chi connectivity index (χ1n) is 7.66. The molecule has 122 valence electrons. The van der Waals surface area contributed by atoms with E-state index in [-0.39, 0.29) is 12.7 Å². The van der Waals surface area contributed by atoms with Gasteiger partial charge in [-0.15, -0.1) is 0 Å². The van der Waals surface area contributed by atoms with Crippen LogP contribution in [0.5, 0.6) is 5.75 Å². The molecule has 1 aliphatic heterocycles. The molecule has 0 spiro atoms. The molecule has 3 rings (SSSR count). The lowest BCUT2D eigenvalue weighted by Gasteiger charge is -2.25. The number of aromatic amines is 1. The highest BCUT2D eigenvalue weighted by Crippen LogP contribution is 2.24. The van der Waals surface area contributed by atoms with Gasteiger partial charge in [0.05, 0.1) is 31.4 Å². The highest BCUT2D eigenvalue weighted by atomic mass is 16.6. The number of nitrogens with zero attached hydrogens (tertiary/aromatic N) is 2. The maximum atomic E-state index is 12.3. The normalized spacial score (nSPS) is 13.6. The number of imidazole rings is 1. The zero-order chi connectivity index (χ0) is 16.4. The molecule has 1 amide bonds. The first kappa shape index (κ1) is 15.4. The number of hydrogen-bond donors (Lipinski definition) is 1. The Balaban J connectivity index is 1.63. The van der Waals surface area contributed by atoms with Gasteiger partial charge in [-0.1, -0.05) is 6.07 Å². The summed E-state index contributed by atoms with van der Waals surface area (Å²) in [4.78, 5) is 21.3. The third-order valence-electron chi connectivity index (χ3n) is 4.45. The minimum Gasteiger partial charge on any atom is -0.496 e. The number of rotatable bonds is 3. The van der Waals surface area contributed by atoms with Crippen molar-refractivity contribution < 1.29 is 14.3 Å². The topological polar surface area (TPSA) is 67.5 Å². The molecular weight excluding hydrogens is 294 g/mol. The fourth-order valence-corrected chi connectivity index (χ4v) is 2.83. The van der Waals surface area contributed by atoms with Crippen molar-refractivity contribution in [2.75, 3.05) is 13.7 Å². The summed E-state index contributed by atoms with van der Waals surface area (Å²) in [5.74, 6) is 0.848. The lowest BCUT2D eigenvalue weighted by molar-refractivity contribution is 0.0911. The van der Waals surface area contributed by atoms with E-state index in [0.29, 0.717) is 13.1 Å². The Morgan fingerprint density at radius 3 is 2.96 bits per heavy atom. The Morgan fingerprint density at radius 2 is 2.17 bits per heavy atom. The van der Waals surface area contributed by atoms with Crippen molar-refractivity contribution in [2.45, 2.75) is 33.4 Å². The number of amides is 1. The number of aromatic nitrogens is 2. The van der Waals surface area contributed by atoms with Crippen molar-refractivity contribution in [3.63, 3.8) is 0 Å². The van der Waals surface area contributed by atoms with E-state index in [4.69, 9.17) is 9.47 Å². The standard InChI is InChI=1S/C17H21N3O3/c1-11-12(2)16(22-3)5-4-13(11)9-23-17(21)20-7-6-14-15(8-20)19-10-18-14/h4-5,10H,6-9H2,1-3H3,(H,18,19). The first-order chi connectivity index (χ1) is 11.1. The Labute approximate surface area is 135 Å². The van der Waals surface area contributed by atoms with Crippen LogP contribution in [0.3, 0.4) is 0 Å². The number of H-pyrrole nitrogens is 1. The van der Waals surface area contributed by atoms with Gasteiger partial charge >= 0.3 is 6.09 Å². The van der Waals surface area contributed by atoms with Crippen LogP contribution in [0.25, 0.3) is 0 Å². The number of nitrogens with one attached hydrogen (secondary N) is 1. The van der Waals surface area contributed by atoms with Gasteiger partial charge in [0.2, 0.25) is 0 Å². The van der Waals surface area contributed by atoms with Gasteiger partial charge in [-0.2, -0.15) is 0 Å². The van der Waals surface area contributed by atoms with Gasteiger partial charge in [0, 0.05) is 13.0 Å². The van der Waals surface area contributed by atoms with E-state index in [0.717, 1.165) is 40.2 Å². The summed E-state index contributed by atoms with van der Waals surface area (Å²) >= 11 is 0. The molecule has 0 saturated heterocycles. The van der Waals surface area contributed by atoms with E-state index in [9.17, 15) is 4.79 Å². The molecule has 1 N–H and O–H groups in total. The first-order valence-corrected chi connectivity index (χ1v) is 7.66. The Morgan fingerprint density at radius 1 is 1.35 bits per heavy atom. The molecule has 0 aliphatic carbocycles. The molecule has 23 heavy (non-hydrogen) atoms. The summed E-state index contributed by atoms with van der Waals surface area (Å²) in [5, 5.41) is 0. The lowest BCUT2D eigenvalue weighted by atomic mass is 10.0. The summed E-state index contributed by atoms with van der Waals surface area (Å²) in [5.41, 5.74) is 5.18. The Kier molecular flexibility index (Phi) is 4.23. The molecule has 1 aliphatic rings. The van der Waals surface area contributed by atoms with Crippen LogP contribution in [-0.4, -0.2) is 34.6 Å². The van der Waals surface area contributed by atoms with Crippen molar-refractivity contribution >= 4 is 6.09 Å². The van der Waals surface area contributed by atoms with Crippen LogP contribution in [0.2, 0.25) is 0 Å². The highest BCUT2D eigenvalue weighted by molar-refractivity contribution is 5.68. The molecule has 6 nitrogen and oxygen atoms in total. The maximum absolute atomic E-state index is 12.3. The van der Waals surface area contributed by atoms with Gasteiger partial charge in [0.25, 0.3) is 0 Å². The Bertz CT molecular complexity index is 724. The Hall–Kier alpha value is -2.50. The number of carbonyl (C=O) groups is 1. The lowest BCUT2D eigenvalue weighted by Crippen LogP contribution is -2.36. The molecule has 6 heteroatoms. The molecule has 0 bridgehead atoms. The molecule has 0 saturated carbocycles. The van der Waals surface area contributed by atoms with E-state index in [2.05, 4.69) is 9.97 Å². The van der Waals surface area contributed by atoms with E-state index < -0.39 is 0 Å². The smallest absolute Gasteiger partial charge is 0.410 e. The van der Waals surface area contributed by atoms with Crippen LogP contribution in [0.1, 0.15) is 28.1 Å². The van der Waals surface area contributed by atoms with Gasteiger partial charge < -0.3 is 19.4 Å². The molecule has 0 radical (unpaired) electrons. The summed E-state index contributed by atoms with van der Waals surface area (Å²) in [6, 6.07) is 3.85. The average molecular weight is 315 g/mol. The molecule has 0 atom stereocenters. The van der Waals surface area contributed by atoms with Crippen LogP contribution in [-0.2, 0) is 24.3 Å². The summed E-state index contributed by atoms with van der Waals surface area (Å²) < 4.78 is 10.8. The number of benzene rings is 1. The second kappa shape index (κ2) is 6.32. The van der Waals surface area contributed by atoms with E-state index in [1.807, 2.05) is 26.0 Å². The monoisotopic (exact) mass is 315 g/mol. The molecular formula is C17H21N3O3.